The van der Waals surface area contributed by atoms with Crippen LogP contribution in [0.2, 0.25) is 0 Å². The molecule has 88 valence electrons. The molecular weight excluding hydrogens is 246 g/mol. The van der Waals surface area contributed by atoms with Crippen molar-refractivity contribution in [1.82, 2.24) is 4.98 Å². The molecule has 0 bridgehead atoms. The van der Waals surface area contributed by atoms with E-state index < -0.39 is 11.9 Å². The van der Waals surface area contributed by atoms with Gasteiger partial charge in [-0.3, -0.25) is 0 Å². The van der Waals surface area contributed by atoms with Gasteiger partial charge in [0.15, 0.2) is 10.8 Å². The van der Waals surface area contributed by atoms with Crippen LogP contribution in [0.1, 0.15) is 20.8 Å². The van der Waals surface area contributed by atoms with Crippen LogP contribution in [0.4, 0.5) is 0 Å². The molecule has 2 N–H and O–H groups in total. The minimum absolute atomic E-state index is 0.0908. The summed E-state index contributed by atoms with van der Waals surface area (Å²) in [5.41, 5.74) is -0.383. The zero-order valence-electron chi connectivity index (χ0n) is 8.63. The lowest BCUT2D eigenvalue weighted by Crippen LogP contribution is -2.05. The number of pyridine rings is 1. The van der Waals surface area contributed by atoms with E-state index in [1.54, 1.807) is 0 Å². The largest absolute Gasteiger partial charge is 0.487 e. The number of nitrogens with zero attached hydrogens (tertiary/aromatic N) is 1. The molecule has 0 fully saturated rings. The summed E-state index contributed by atoms with van der Waals surface area (Å²) in [6.07, 6.45) is 0. The monoisotopic (exact) mass is 253 g/mol. The van der Waals surface area contributed by atoms with Gasteiger partial charge in [0.1, 0.15) is 4.83 Å². The number of methoxy groups -OCH3 is 1. The Morgan fingerprint density at radius 2 is 2.00 bits per heavy atom. The Balaban J connectivity index is 2.78. The fourth-order valence-corrected chi connectivity index (χ4v) is 2.25. The summed E-state index contributed by atoms with van der Waals surface area (Å²) >= 11 is 1.10. The van der Waals surface area contributed by atoms with Gasteiger partial charge in [0.2, 0.25) is 0 Å². The number of rotatable bonds is 3. The molecule has 0 aliphatic carbocycles. The van der Waals surface area contributed by atoms with Crippen LogP contribution in [0.5, 0.6) is 5.06 Å². The van der Waals surface area contributed by atoms with E-state index in [0.717, 1.165) is 17.4 Å². The molecule has 0 aliphatic rings. The number of hydrogen-bond donors (Lipinski definition) is 2. The number of carbonyl (C=O) groups is 2. The molecule has 2 heterocycles. The highest BCUT2D eigenvalue weighted by Crippen LogP contribution is 2.32. The van der Waals surface area contributed by atoms with Crippen LogP contribution in [-0.4, -0.2) is 34.2 Å². The molecular formula is C10H7NO5S. The number of aromatic nitrogens is 1. The smallest absolute Gasteiger partial charge is 0.354 e. The van der Waals surface area contributed by atoms with Crippen molar-refractivity contribution in [2.24, 2.45) is 0 Å². The number of carboxylic acids is 2. The molecule has 0 saturated heterocycles. The lowest BCUT2D eigenvalue weighted by molar-refractivity contribution is 0.0691. The zero-order chi connectivity index (χ0) is 12.6. The Kier molecular flexibility index (Phi) is 2.68. The first-order valence-electron chi connectivity index (χ1n) is 4.48. The van der Waals surface area contributed by atoms with Crippen molar-refractivity contribution in [3.8, 4) is 5.06 Å². The van der Waals surface area contributed by atoms with E-state index in [1.165, 1.54) is 13.2 Å². The fourth-order valence-electron chi connectivity index (χ4n) is 1.38. The molecule has 0 amide bonds. The summed E-state index contributed by atoms with van der Waals surface area (Å²) in [5.74, 6) is -2.46. The minimum atomic E-state index is -1.26. The van der Waals surface area contributed by atoms with Crippen molar-refractivity contribution in [3.63, 3.8) is 0 Å². The van der Waals surface area contributed by atoms with Gasteiger partial charge >= 0.3 is 11.9 Å². The molecule has 6 nitrogen and oxygen atoms in total. The third-order valence-electron chi connectivity index (χ3n) is 2.13. The maximum absolute atomic E-state index is 11.0. The van der Waals surface area contributed by atoms with E-state index in [2.05, 4.69) is 4.98 Å². The zero-order valence-corrected chi connectivity index (χ0v) is 9.45. The standard InChI is InChI=1S/C10H7NO5S/c1-16-7-3-4-5(9(12)13)2-6(10(14)15)11-8(4)17-7/h2-3H,1H3,(H,12,13)(H,14,15). The molecule has 0 unspecified atom stereocenters. The van der Waals surface area contributed by atoms with E-state index >= 15 is 0 Å². The van der Waals surface area contributed by atoms with E-state index in [1.807, 2.05) is 0 Å². The number of aromatic carboxylic acids is 2. The second kappa shape index (κ2) is 4.02. The molecule has 0 atom stereocenters. The van der Waals surface area contributed by atoms with Crippen LogP contribution in [-0.2, 0) is 0 Å². The van der Waals surface area contributed by atoms with Gasteiger partial charge < -0.3 is 14.9 Å². The predicted molar refractivity (Wildman–Crippen MR) is 60.1 cm³/mol. The lowest BCUT2D eigenvalue weighted by Gasteiger charge is -1.98. The van der Waals surface area contributed by atoms with Crippen molar-refractivity contribution in [3.05, 3.63) is 23.4 Å². The molecule has 0 aliphatic heterocycles. The van der Waals surface area contributed by atoms with Gasteiger partial charge in [-0.2, -0.15) is 0 Å². The molecule has 17 heavy (non-hydrogen) atoms. The van der Waals surface area contributed by atoms with E-state index in [9.17, 15) is 9.59 Å². The van der Waals surface area contributed by atoms with E-state index in [4.69, 9.17) is 14.9 Å². The second-order valence-electron chi connectivity index (χ2n) is 3.15. The van der Waals surface area contributed by atoms with Crippen LogP contribution in [0.25, 0.3) is 10.2 Å². The van der Waals surface area contributed by atoms with Gasteiger partial charge in [-0.15, -0.1) is 0 Å². The Bertz CT molecular complexity index is 618. The van der Waals surface area contributed by atoms with Crippen molar-refractivity contribution >= 4 is 33.5 Å². The maximum Gasteiger partial charge on any atom is 0.354 e. The third kappa shape index (κ3) is 1.92. The molecule has 0 radical (unpaired) electrons. The first-order valence-corrected chi connectivity index (χ1v) is 5.29. The van der Waals surface area contributed by atoms with Gasteiger partial charge in [0.25, 0.3) is 0 Å². The molecule has 2 aromatic heterocycles. The molecule has 0 saturated carbocycles. The van der Waals surface area contributed by atoms with Gasteiger partial charge in [-0.25, -0.2) is 14.6 Å². The van der Waals surface area contributed by atoms with Gasteiger partial charge in [-0.1, -0.05) is 11.3 Å². The Labute approximate surface area is 99.1 Å². The van der Waals surface area contributed by atoms with Crippen molar-refractivity contribution in [2.45, 2.75) is 0 Å². The maximum atomic E-state index is 11.0. The van der Waals surface area contributed by atoms with Crippen LogP contribution >= 0.6 is 11.3 Å². The molecule has 2 aromatic rings. The SMILES string of the molecule is COc1cc2c(C(=O)O)cc(C(=O)O)nc2s1. The quantitative estimate of drug-likeness (QED) is 0.864. The normalized spacial score (nSPS) is 10.4. The van der Waals surface area contributed by atoms with Gasteiger partial charge in [0.05, 0.1) is 12.7 Å². The average Bonchev–Trinajstić information content (AvgIpc) is 2.69. The summed E-state index contributed by atoms with van der Waals surface area (Å²) in [5, 5.41) is 18.7. The second-order valence-corrected chi connectivity index (χ2v) is 4.15. The van der Waals surface area contributed by atoms with Crippen LogP contribution in [0.15, 0.2) is 12.1 Å². The van der Waals surface area contributed by atoms with Crippen molar-refractivity contribution < 1.29 is 24.5 Å². The fraction of sp³-hybridized carbons (Fsp3) is 0.100. The average molecular weight is 253 g/mol. The predicted octanol–water partition coefficient (Wildman–Crippen LogP) is 1.70. The van der Waals surface area contributed by atoms with Crippen LogP contribution in [0.3, 0.4) is 0 Å². The molecule has 0 spiro atoms. The number of hydrogen-bond acceptors (Lipinski definition) is 5. The number of fused-ring (bicyclic) bond motifs is 1. The number of carboxylic acid groups (broad SMARTS) is 2. The topological polar surface area (TPSA) is 96.7 Å². The highest BCUT2D eigenvalue weighted by molar-refractivity contribution is 7.20. The first kappa shape index (κ1) is 11.3. The van der Waals surface area contributed by atoms with Crippen LogP contribution < -0.4 is 4.74 Å². The van der Waals surface area contributed by atoms with E-state index in [-0.39, 0.29) is 11.3 Å². The van der Waals surface area contributed by atoms with Gasteiger partial charge in [0, 0.05) is 11.5 Å². The summed E-state index contributed by atoms with van der Waals surface area (Å²) in [6, 6.07) is 2.57. The van der Waals surface area contributed by atoms with E-state index in [0.29, 0.717) is 15.3 Å². The van der Waals surface area contributed by atoms with Crippen molar-refractivity contribution in [2.75, 3.05) is 7.11 Å². The lowest BCUT2D eigenvalue weighted by atomic mass is 10.1. The number of thiophene rings is 1. The first-order chi connectivity index (χ1) is 8.02. The Hall–Kier alpha value is -2.15. The molecule has 2 rings (SSSR count). The number of ether oxygens (including phenoxy) is 1. The minimum Gasteiger partial charge on any atom is -0.487 e. The van der Waals surface area contributed by atoms with Crippen molar-refractivity contribution in [1.29, 1.82) is 0 Å². The molecule has 7 heteroatoms. The summed E-state index contributed by atoms with van der Waals surface area (Å²) in [4.78, 5) is 26.0. The molecule has 0 aromatic carbocycles. The summed E-state index contributed by atoms with van der Waals surface area (Å²) in [6.45, 7) is 0. The highest BCUT2D eigenvalue weighted by Gasteiger charge is 2.17. The Morgan fingerprint density at radius 3 is 2.53 bits per heavy atom. The van der Waals surface area contributed by atoms with Gasteiger partial charge in [-0.05, 0) is 6.07 Å². The third-order valence-corrected chi connectivity index (χ3v) is 3.12. The van der Waals surface area contributed by atoms with Crippen LogP contribution in [0, 0.1) is 0 Å². The Morgan fingerprint density at radius 1 is 1.29 bits per heavy atom. The highest BCUT2D eigenvalue weighted by atomic mass is 32.1. The summed E-state index contributed by atoms with van der Waals surface area (Å²) in [7, 11) is 1.45. The summed E-state index contributed by atoms with van der Waals surface area (Å²) < 4.78 is 4.97.